The highest BCUT2D eigenvalue weighted by Crippen LogP contribution is 2.37. The Labute approximate surface area is 271 Å². The molecule has 2 heterocycles. The van der Waals surface area contributed by atoms with Crippen molar-refractivity contribution >= 4 is 32.7 Å². The minimum Gasteiger partial charge on any atom is -0.456 e. The van der Waals surface area contributed by atoms with E-state index in [1.807, 2.05) is 54.6 Å². The number of nitrogens with zero attached hydrogens (tertiary/aromatic N) is 3. The standard InChI is InChI=1S/C43H27N3O/c1-3-11-29(12-4-1)34-15-7-8-16-36(34)43-45-41(30-13-5-2-6-14-30)44-42(46-43)31-21-19-28(20-22-31)32-23-25-35-33(27-32)24-26-39-40(35)37-17-9-10-18-38(37)47-39/h1-27H. The molecule has 0 spiro atoms. The summed E-state index contributed by atoms with van der Waals surface area (Å²) < 4.78 is 6.12. The first-order valence-electron chi connectivity index (χ1n) is 15.7. The van der Waals surface area contributed by atoms with Crippen molar-refractivity contribution in [1.82, 2.24) is 15.0 Å². The molecular formula is C43H27N3O. The second-order valence-electron chi connectivity index (χ2n) is 11.6. The van der Waals surface area contributed by atoms with Crippen LogP contribution < -0.4 is 0 Å². The fraction of sp³-hybridized carbons (Fsp3) is 0. The smallest absolute Gasteiger partial charge is 0.164 e. The Bertz CT molecular complexity index is 2550. The first-order chi connectivity index (χ1) is 23.3. The van der Waals surface area contributed by atoms with E-state index in [0.717, 1.165) is 60.9 Å². The molecule has 47 heavy (non-hydrogen) atoms. The van der Waals surface area contributed by atoms with Gasteiger partial charge in [0.1, 0.15) is 11.2 Å². The molecule has 4 heteroatoms. The van der Waals surface area contributed by atoms with Crippen molar-refractivity contribution in [2.45, 2.75) is 0 Å². The Kier molecular flexibility index (Phi) is 6.43. The molecule has 0 aliphatic heterocycles. The molecule has 9 aromatic rings. The number of hydrogen-bond acceptors (Lipinski definition) is 4. The molecule has 0 amide bonds. The molecule has 0 N–H and O–H groups in total. The monoisotopic (exact) mass is 601 g/mol. The van der Waals surface area contributed by atoms with Crippen LogP contribution in [0.1, 0.15) is 0 Å². The van der Waals surface area contributed by atoms with Crippen molar-refractivity contribution in [3.8, 4) is 56.4 Å². The summed E-state index contributed by atoms with van der Waals surface area (Å²) >= 11 is 0. The quantitative estimate of drug-likeness (QED) is 0.197. The van der Waals surface area contributed by atoms with E-state index >= 15 is 0 Å². The molecule has 0 fully saturated rings. The summed E-state index contributed by atoms with van der Waals surface area (Å²) in [6.07, 6.45) is 0. The van der Waals surface area contributed by atoms with Gasteiger partial charge in [0.2, 0.25) is 0 Å². The number of furan rings is 1. The number of para-hydroxylation sites is 1. The number of fused-ring (bicyclic) bond motifs is 5. The van der Waals surface area contributed by atoms with Crippen molar-refractivity contribution in [2.75, 3.05) is 0 Å². The van der Waals surface area contributed by atoms with E-state index in [1.165, 1.54) is 10.8 Å². The Morgan fingerprint density at radius 2 is 0.915 bits per heavy atom. The summed E-state index contributed by atoms with van der Waals surface area (Å²) in [6, 6.07) is 56.3. The number of rotatable bonds is 5. The van der Waals surface area contributed by atoms with Crippen LogP contribution in [0.25, 0.3) is 89.1 Å². The van der Waals surface area contributed by atoms with Crippen LogP contribution in [0.15, 0.2) is 168 Å². The Balaban J connectivity index is 1.13. The molecule has 0 radical (unpaired) electrons. The Morgan fingerprint density at radius 3 is 1.68 bits per heavy atom. The molecule has 9 rings (SSSR count). The van der Waals surface area contributed by atoms with Crippen molar-refractivity contribution in [3.63, 3.8) is 0 Å². The van der Waals surface area contributed by atoms with Crippen LogP contribution in [-0.4, -0.2) is 15.0 Å². The summed E-state index contributed by atoms with van der Waals surface area (Å²) in [5.74, 6) is 1.92. The van der Waals surface area contributed by atoms with Gasteiger partial charge in [-0.05, 0) is 51.2 Å². The highest BCUT2D eigenvalue weighted by Gasteiger charge is 2.16. The predicted octanol–water partition coefficient (Wildman–Crippen LogP) is 11.3. The first kappa shape index (κ1) is 27.0. The summed E-state index contributed by atoms with van der Waals surface area (Å²) in [7, 11) is 0. The zero-order chi connectivity index (χ0) is 31.2. The van der Waals surface area contributed by atoms with E-state index < -0.39 is 0 Å². The van der Waals surface area contributed by atoms with Crippen LogP contribution in [0.5, 0.6) is 0 Å². The molecule has 220 valence electrons. The topological polar surface area (TPSA) is 51.8 Å². The van der Waals surface area contributed by atoms with Gasteiger partial charge >= 0.3 is 0 Å². The third-order valence-electron chi connectivity index (χ3n) is 8.75. The van der Waals surface area contributed by atoms with Gasteiger partial charge in [0, 0.05) is 27.5 Å². The third kappa shape index (κ3) is 4.84. The summed E-state index contributed by atoms with van der Waals surface area (Å²) in [4.78, 5) is 15.0. The van der Waals surface area contributed by atoms with Gasteiger partial charge in [0.05, 0.1) is 0 Å². The molecule has 0 aliphatic carbocycles. The maximum absolute atomic E-state index is 6.12. The van der Waals surface area contributed by atoms with Gasteiger partial charge < -0.3 is 4.42 Å². The fourth-order valence-electron chi connectivity index (χ4n) is 6.43. The molecule has 0 aliphatic rings. The van der Waals surface area contributed by atoms with Crippen molar-refractivity contribution in [2.24, 2.45) is 0 Å². The first-order valence-corrected chi connectivity index (χ1v) is 15.7. The number of aromatic nitrogens is 3. The number of benzene rings is 7. The maximum Gasteiger partial charge on any atom is 0.164 e. The maximum atomic E-state index is 6.12. The van der Waals surface area contributed by atoms with Crippen molar-refractivity contribution in [1.29, 1.82) is 0 Å². The lowest BCUT2D eigenvalue weighted by Gasteiger charge is -2.12. The summed E-state index contributed by atoms with van der Waals surface area (Å²) in [6.45, 7) is 0. The second kappa shape index (κ2) is 11.2. The summed E-state index contributed by atoms with van der Waals surface area (Å²) in [5.41, 5.74) is 9.13. The van der Waals surface area contributed by atoms with Crippen LogP contribution in [0.2, 0.25) is 0 Å². The summed E-state index contributed by atoms with van der Waals surface area (Å²) in [5, 5.41) is 4.67. The largest absolute Gasteiger partial charge is 0.456 e. The molecular weight excluding hydrogens is 574 g/mol. The average molecular weight is 602 g/mol. The molecule has 0 saturated heterocycles. The van der Waals surface area contributed by atoms with Crippen LogP contribution >= 0.6 is 0 Å². The second-order valence-corrected chi connectivity index (χ2v) is 11.6. The van der Waals surface area contributed by atoms with Crippen molar-refractivity contribution in [3.05, 3.63) is 164 Å². The molecule has 0 atom stereocenters. The highest BCUT2D eigenvalue weighted by molar-refractivity contribution is 6.19. The molecule has 0 saturated carbocycles. The minimum absolute atomic E-state index is 0.635. The Hall–Kier alpha value is -6.39. The van der Waals surface area contributed by atoms with Crippen LogP contribution in [0, 0.1) is 0 Å². The predicted molar refractivity (Wildman–Crippen MR) is 192 cm³/mol. The van der Waals surface area contributed by atoms with Gasteiger partial charge in [-0.3, -0.25) is 0 Å². The lowest BCUT2D eigenvalue weighted by molar-refractivity contribution is 0.669. The normalized spacial score (nSPS) is 11.4. The van der Waals surface area contributed by atoms with Crippen LogP contribution in [0.3, 0.4) is 0 Å². The third-order valence-corrected chi connectivity index (χ3v) is 8.75. The zero-order valence-corrected chi connectivity index (χ0v) is 25.3. The van der Waals surface area contributed by atoms with E-state index in [-0.39, 0.29) is 0 Å². The van der Waals surface area contributed by atoms with E-state index in [2.05, 4.69) is 109 Å². The van der Waals surface area contributed by atoms with Crippen molar-refractivity contribution < 1.29 is 4.42 Å². The molecule has 2 aromatic heterocycles. The SMILES string of the molecule is c1ccc(-c2nc(-c3ccc(-c4ccc5c(ccc6oc7ccccc7c65)c4)cc3)nc(-c3ccccc3-c3ccccc3)n2)cc1. The minimum atomic E-state index is 0.635. The lowest BCUT2D eigenvalue weighted by Crippen LogP contribution is -2.01. The molecule has 4 nitrogen and oxygen atoms in total. The number of hydrogen-bond donors (Lipinski definition) is 0. The van der Waals surface area contributed by atoms with Crippen LogP contribution in [0.4, 0.5) is 0 Å². The highest BCUT2D eigenvalue weighted by atomic mass is 16.3. The van der Waals surface area contributed by atoms with Gasteiger partial charge in [-0.25, -0.2) is 15.0 Å². The molecule has 7 aromatic carbocycles. The lowest BCUT2D eigenvalue weighted by atomic mass is 9.97. The van der Waals surface area contributed by atoms with Gasteiger partial charge in [-0.15, -0.1) is 0 Å². The van der Waals surface area contributed by atoms with Gasteiger partial charge in [-0.1, -0.05) is 146 Å². The Morgan fingerprint density at radius 1 is 0.340 bits per heavy atom. The van der Waals surface area contributed by atoms with E-state index in [4.69, 9.17) is 19.4 Å². The van der Waals surface area contributed by atoms with E-state index in [9.17, 15) is 0 Å². The average Bonchev–Trinajstić information content (AvgIpc) is 3.54. The van der Waals surface area contributed by atoms with E-state index in [1.54, 1.807) is 0 Å². The van der Waals surface area contributed by atoms with Gasteiger partial charge in [-0.2, -0.15) is 0 Å². The fourth-order valence-corrected chi connectivity index (χ4v) is 6.43. The molecule has 0 bridgehead atoms. The van der Waals surface area contributed by atoms with Gasteiger partial charge in [0.15, 0.2) is 17.5 Å². The van der Waals surface area contributed by atoms with Gasteiger partial charge in [0.25, 0.3) is 0 Å². The molecule has 0 unspecified atom stereocenters. The van der Waals surface area contributed by atoms with Crippen LogP contribution in [-0.2, 0) is 0 Å². The van der Waals surface area contributed by atoms with E-state index in [0.29, 0.717) is 17.5 Å². The zero-order valence-electron chi connectivity index (χ0n) is 25.3.